The number of aryl methyl sites for hydroxylation is 1. The summed E-state index contributed by atoms with van der Waals surface area (Å²) in [6.45, 7) is 2.39. The van der Waals surface area contributed by atoms with E-state index in [-0.39, 0.29) is 5.92 Å². The lowest BCUT2D eigenvalue weighted by atomic mass is 9.88. The summed E-state index contributed by atoms with van der Waals surface area (Å²) in [5, 5.41) is 19.4. The van der Waals surface area contributed by atoms with E-state index in [1.807, 2.05) is 13.0 Å². The zero-order valence-corrected chi connectivity index (χ0v) is 16.8. The standard InChI is InChI=1S/C20H21N5O3S/c1-2-28-15-7-13(22)11(8-21)5-14(15)25-18-17-12-4-3-10(20(26)27)6-16(12)29-19(17)24-9-23-18/h5,7-10,21H,2-4,6,22H2,1H3,(H,26,27)(H,23,24,25)/p+1/t10-/m0/s1. The number of nitrogens with two attached hydrogens (primary N) is 2. The van der Waals surface area contributed by atoms with Crippen molar-refractivity contribution in [2.75, 3.05) is 17.7 Å². The van der Waals surface area contributed by atoms with Gasteiger partial charge in [0.25, 0.3) is 0 Å². The molecule has 150 valence electrons. The largest absolute Gasteiger partial charge is 0.492 e. The molecule has 0 saturated heterocycles. The Kier molecular flexibility index (Phi) is 5.06. The molecule has 0 bridgehead atoms. The summed E-state index contributed by atoms with van der Waals surface area (Å²) in [5.74, 6) is 0.183. The minimum absolute atomic E-state index is 0.343. The lowest BCUT2D eigenvalue weighted by Crippen LogP contribution is -2.30. The van der Waals surface area contributed by atoms with Gasteiger partial charge in [0.05, 0.1) is 29.2 Å². The number of nitrogens with zero attached hydrogens (tertiary/aromatic N) is 2. The molecule has 2 heterocycles. The van der Waals surface area contributed by atoms with Crippen LogP contribution in [0.25, 0.3) is 10.2 Å². The molecule has 0 amide bonds. The van der Waals surface area contributed by atoms with Gasteiger partial charge in [0.2, 0.25) is 0 Å². The monoisotopic (exact) mass is 412 g/mol. The van der Waals surface area contributed by atoms with Gasteiger partial charge in [-0.3, -0.25) is 10.2 Å². The number of carboxylic acid groups (broad SMARTS) is 1. The lowest BCUT2D eigenvalue weighted by Gasteiger charge is -2.19. The molecule has 1 aromatic carbocycles. The molecule has 0 unspecified atom stereocenters. The SMILES string of the molecule is CCOc1cc(N)c(C=[NH2+])cc1Nc1ncnc2sc3c(c12)CC[C@H](C(=O)O)C3. The first-order valence-corrected chi connectivity index (χ1v) is 10.2. The third-order valence-corrected chi connectivity index (χ3v) is 6.27. The summed E-state index contributed by atoms with van der Waals surface area (Å²) >= 11 is 1.54. The molecule has 1 atom stereocenters. The molecule has 4 rings (SSSR count). The van der Waals surface area contributed by atoms with Gasteiger partial charge in [0, 0.05) is 16.6 Å². The van der Waals surface area contributed by atoms with E-state index < -0.39 is 5.97 Å². The number of thiophene rings is 1. The van der Waals surface area contributed by atoms with Crippen LogP contribution in [0.2, 0.25) is 0 Å². The Morgan fingerprint density at radius 3 is 3.03 bits per heavy atom. The number of fused-ring (bicyclic) bond motifs is 3. The van der Waals surface area contributed by atoms with Crippen LogP contribution in [0.5, 0.6) is 5.75 Å². The van der Waals surface area contributed by atoms with Crippen molar-refractivity contribution in [3.05, 3.63) is 34.5 Å². The van der Waals surface area contributed by atoms with E-state index in [0.717, 1.165) is 20.7 Å². The molecular formula is C20H22N5O3S+. The van der Waals surface area contributed by atoms with Crippen LogP contribution >= 0.6 is 11.3 Å². The van der Waals surface area contributed by atoms with Crippen molar-refractivity contribution in [2.45, 2.75) is 26.2 Å². The number of ether oxygens (including phenoxy) is 1. The highest BCUT2D eigenvalue weighted by Crippen LogP contribution is 2.41. The van der Waals surface area contributed by atoms with Gasteiger partial charge in [-0.25, -0.2) is 9.97 Å². The predicted octanol–water partition coefficient (Wildman–Crippen LogP) is 1.78. The van der Waals surface area contributed by atoms with E-state index >= 15 is 0 Å². The number of nitrogens with one attached hydrogen (secondary N) is 1. The number of nitrogen functional groups attached to an aromatic ring is 1. The fraction of sp³-hybridized carbons (Fsp3) is 0.300. The van der Waals surface area contributed by atoms with Crippen molar-refractivity contribution in [1.82, 2.24) is 9.97 Å². The number of hydrogen-bond donors (Lipinski definition) is 4. The van der Waals surface area contributed by atoms with E-state index in [2.05, 4.69) is 15.3 Å². The highest BCUT2D eigenvalue weighted by molar-refractivity contribution is 7.19. The van der Waals surface area contributed by atoms with Gasteiger partial charge in [0.15, 0.2) is 6.21 Å². The van der Waals surface area contributed by atoms with Crippen molar-refractivity contribution in [3.63, 3.8) is 0 Å². The average molecular weight is 412 g/mol. The Hall–Kier alpha value is -3.20. The number of carboxylic acids is 1. The molecule has 8 nitrogen and oxygen atoms in total. The molecule has 2 aromatic heterocycles. The number of aliphatic carboxylic acids is 1. The summed E-state index contributed by atoms with van der Waals surface area (Å²) in [6.07, 6.45) is 4.79. The summed E-state index contributed by atoms with van der Waals surface area (Å²) in [5.41, 5.74) is 9.09. The normalized spacial score (nSPS) is 15.7. The molecule has 3 aromatic rings. The minimum Gasteiger partial charge on any atom is -0.492 e. The molecule has 1 aliphatic carbocycles. The maximum absolute atomic E-state index is 11.4. The van der Waals surface area contributed by atoms with Crippen molar-refractivity contribution in [1.29, 1.82) is 0 Å². The van der Waals surface area contributed by atoms with E-state index in [1.165, 1.54) is 23.9 Å². The zero-order chi connectivity index (χ0) is 20.5. The van der Waals surface area contributed by atoms with Gasteiger partial charge in [-0.2, -0.15) is 0 Å². The Balaban J connectivity index is 1.78. The van der Waals surface area contributed by atoms with E-state index in [4.69, 9.17) is 15.9 Å². The summed E-state index contributed by atoms with van der Waals surface area (Å²) in [7, 11) is 0. The Labute approximate surface area is 171 Å². The summed E-state index contributed by atoms with van der Waals surface area (Å²) in [4.78, 5) is 22.2. The Morgan fingerprint density at radius 2 is 2.31 bits per heavy atom. The minimum atomic E-state index is -0.744. The van der Waals surface area contributed by atoms with Gasteiger partial charge < -0.3 is 20.9 Å². The molecule has 0 saturated carbocycles. The fourth-order valence-electron chi connectivity index (χ4n) is 3.67. The Morgan fingerprint density at radius 1 is 1.48 bits per heavy atom. The van der Waals surface area contributed by atoms with Crippen LogP contribution in [0.3, 0.4) is 0 Å². The van der Waals surface area contributed by atoms with Crippen molar-refractivity contribution >= 4 is 50.9 Å². The number of anilines is 3. The predicted molar refractivity (Wildman–Crippen MR) is 113 cm³/mol. The second kappa shape index (κ2) is 7.67. The number of benzene rings is 1. The van der Waals surface area contributed by atoms with Crippen molar-refractivity contribution in [3.8, 4) is 5.75 Å². The third kappa shape index (κ3) is 3.49. The Bertz CT molecular complexity index is 1110. The van der Waals surface area contributed by atoms with Crippen LogP contribution in [0.1, 0.15) is 29.3 Å². The second-order valence-corrected chi connectivity index (χ2v) is 7.97. The second-order valence-electron chi connectivity index (χ2n) is 6.89. The van der Waals surface area contributed by atoms with Crippen molar-refractivity contribution in [2.24, 2.45) is 5.92 Å². The molecule has 0 aliphatic heterocycles. The molecule has 29 heavy (non-hydrogen) atoms. The van der Waals surface area contributed by atoms with Crippen LogP contribution in [0.15, 0.2) is 18.5 Å². The van der Waals surface area contributed by atoms with Gasteiger partial charge in [-0.05, 0) is 37.8 Å². The first kappa shape index (κ1) is 19.1. The van der Waals surface area contributed by atoms with Crippen LogP contribution in [0, 0.1) is 5.92 Å². The van der Waals surface area contributed by atoms with Crippen LogP contribution in [-0.2, 0) is 17.6 Å². The van der Waals surface area contributed by atoms with Crippen molar-refractivity contribution < 1.29 is 20.0 Å². The highest BCUT2D eigenvalue weighted by Gasteiger charge is 2.29. The topological polar surface area (TPSA) is 136 Å². The van der Waals surface area contributed by atoms with E-state index in [9.17, 15) is 9.90 Å². The highest BCUT2D eigenvalue weighted by atomic mass is 32.1. The van der Waals surface area contributed by atoms with Crippen LogP contribution in [0.4, 0.5) is 17.2 Å². The first-order valence-electron chi connectivity index (χ1n) is 9.38. The number of rotatable bonds is 6. The van der Waals surface area contributed by atoms with E-state index in [0.29, 0.717) is 54.4 Å². The maximum Gasteiger partial charge on any atom is 0.306 e. The molecule has 0 fully saturated rings. The molecule has 0 spiro atoms. The number of carbonyl (C=O) groups is 1. The molecule has 1 aliphatic rings. The van der Waals surface area contributed by atoms with Gasteiger partial charge >= 0.3 is 5.97 Å². The first-order chi connectivity index (χ1) is 14.0. The van der Waals surface area contributed by atoms with Gasteiger partial charge in [0.1, 0.15) is 22.7 Å². The molecule has 9 heteroatoms. The fourth-order valence-corrected chi connectivity index (χ4v) is 4.94. The maximum atomic E-state index is 11.4. The quantitative estimate of drug-likeness (QED) is 0.358. The zero-order valence-electron chi connectivity index (χ0n) is 15.9. The lowest BCUT2D eigenvalue weighted by molar-refractivity contribution is -0.142. The number of aromatic nitrogens is 2. The number of hydrogen-bond acceptors (Lipinski definition) is 7. The molecular weight excluding hydrogens is 390 g/mol. The van der Waals surface area contributed by atoms with Gasteiger partial charge in [-0.1, -0.05) is 0 Å². The molecule has 0 radical (unpaired) electrons. The third-order valence-electron chi connectivity index (χ3n) is 5.11. The average Bonchev–Trinajstić information content (AvgIpc) is 3.08. The summed E-state index contributed by atoms with van der Waals surface area (Å²) < 4.78 is 5.73. The van der Waals surface area contributed by atoms with E-state index in [1.54, 1.807) is 6.07 Å². The molecule has 6 N–H and O–H groups in total. The summed E-state index contributed by atoms with van der Waals surface area (Å²) in [6, 6.07) is 3.57. The smallest absolute Gasteiger partial charge is 0.306 e. The van der Waals surface area contributed by atoms with Gasteiger partial charge in [-0.15, -0.1) is 11.3 Å². The van der Waals surface area contributed by atoms with Crippen LogP contribution in [-0.4, -0.2) is 33.9 Å². The van der Waals surface area contributed by atoms with Crippen LogP contribution < -0.4 is 21.2 Å².